The van der Waals surface area contributed by atoms with Crippen LogP contribution >= 0.6 is 15.9 Å². The van der Waals surface area contributed by atoms with E-state index in [1.165, 1.54) is 0 Å². The van der Waals surface area contributed by atoms with Gasteiger partial charge in [0.25, 0.3) is 5.91 Å². The molecule has 0 saturated heterocycles. The Balaban J connectivity index is 1.66. The van der Waals surface area contributed by atoms with Gasteiger partial charge >= 0.3 is 6.09 Å². The van der Waals surface area contributed by atoms with Gasteiger partial charge in [0.15, 0.2) is 5.69 Å². The molecule has 1 aromatic carbocycles. The number of ether oxygens (including phenoxy) is 1. The summed E-state index contributed by atoms with van der Waals surface area (Å²) in [5, 5.41) is 11.3. The molecule has 0 radical (unpaired) electrons. The van der Waals surface area contributed by atoms with Gasteiger partial charge in [-0.3, -0.25) is 4.79 Å². The van der Waals surface area contributed by atoms with Crippen LogP contribution in [-0.2, 0) is 4.74 Å². The second-order valence-electron chi connectivity index (χ2n) is 8.30. The molecular formula is C21H28BrN5O3. The van der Waals surface area contributed by atoms with Crippen LogP contribution in [0.15, 0.2) is 28.7 Å². The van der Waals surface area contributed by atoms with E-state index in [0.29, 0.717) is 31.2 Å². The van der Waals surface area contributed by atoms with Gasteiger partial charge in [-0.05, 0) is 64.8 Å². The molecule has 1 aliphatic carbocycles. The molecule has 0 aliphatic heterocycles. The first-order valence-electron chi connectivity index (χ1n) is 10.2. The number of hydrogen-bond acceptors (Lipinski definition) is 5. The fourth-order valence-corrected chi connectivity index (χ4v) is 3.30. The van der Waals surface area contributed by atoms with Crippen molar-refractivity contribution in [3.63, 3.8) is 0 Å². The van der Waals surface area contributed by atoms with E-state index in [1.54, 1.807) is 9.58 Å². The van der Waals surface area contributed by atoms with Gasteiger partial charge in [-0.15, -0.1) is 5.10 Å². The molecule has 1 N–H and O–H groups in total. The lowest BCUT2D eigenvalue weighted by Gasteiger charge is -2.26. The van der Waals surface area contributed by atoms with Crippen LogP contribution in [0.2, 0.25) is 0 Å². The molecule has 1 saturated carbocycles. The molecule has 1 aliphatic rings. The number of likely N-dealkylation sites (N-methyl/N-ethyl adjacent to an activating group) is 1. The normalized spacial score (nSPS) is 13.8. The number of nitrogens with zero attached hydrogens (tertiary/aromatic N) is 4. The molecule has 1 heterocycles. The largest absolute Gasteiger partial charge is 0.444 e. The maximum absolute atomic E-state index is 12.8. The van der Waals surface area contributed by atoms with E-state index >= 15 is 0 Å². The predicted molar refractivity (Wildman–Crippen MR) is 117 cm³/mol. The summed E-state index contributed by atoms with van der Waals surface area (Å²) in [6, 6.07) is 7.74. The molecule has 2 amide bonds. The zero-order chi connectivity index (χ0) is 21.9. The molecule has 0 bridgehead atoms. The zero-order valence-electron chi connectivity index (χ0n) is 17.8. The quantitative estimate of drug-likeness (QED) is 0.652. The van der Waals surface area contributed by atoms with Gasteiger partial charge in [0.1, 0.15) is 5.60 Å². The van der Waals surface area contributed by atoms with Crippen LogP contribution in [0.5, 0.6) is 0 Å². The number of carbonyl (C=O) groups excluding carboxylic acids is 2. The molecule has 3 rings (SSSR count). The first-order valence-corrected chi connectivity index (χ1v) is 11.0. The average Bonchev–Trinajstić information content (AvgIpc) is 3.42. The highest BCUT2D eigenvalue weighted by Crippen LogP contribution is 2.42. The Hall–Kier alpha value is -2.42. The minimum absolute atomic E-state index is 0.277. The van der Waals surface area contributed by atoms with Crippen LogP contribution in [0.4, 0.5) is 4.79 Å². The van der Waals surface area contributed by atoms with E-state index < -0.39 is 5.60 Å². The van der Waals surface area contributed by atoms with E-state index in [-0.39, 0.29) is 12.0 Å². The summed E-state index contributed by atoms with van der Waals surface area (Å²) in [6.07, 6.45) is 1.65. The van der Waals surface area contributed by atoms with Gasteiger partial charge in [-0.2, -0.15) is 0 Å². The molecule has 1 fully saturated rings. The molecule has 0 atom stereocenters. The van der Waals surface area contributed by atoms with Crippen LogP contribution in [0.1, 0.15) is 62.6 Å². The molecule has 0 unspecified atom stereocenters. The van der Waals surface area contributed by atoms with Crippen molar-refractivity contribution in [2.24, 2.45) is 0 Å². The summed E-state index contributed by atoms with van der Waals surface area (Å²) in [5.41, 5.74) is 1.50. The van der Waals surface area contributed by atoms with E-state index in [2.05, 4.69) is 31.6 Å². The fraction of sp³-hybridized carbons (Fsp3) is 0.524. The van der Waals surface area contributed by atoms with Crippen molar-refractivity contribution in [3.05, 3.63) is 40.1 Å². The standard InChI is InChI=1S/C21H28BrN5O3/c1-5-26(20(29)30-21(2,3)4)13-12-23-19(28)17-18(14-6-7-14)27(25-24-17)16-10-8-15(22)9-11-16/h8-11,14H,5-7,12-13H2,1-4H3,(H,23,28). The Morgan fingerprint density at radius 3 is 2.50 bits per heavy atom. The lowest BCUT2D eigenvalue weighted by Crippen LogP contribution is -2.41. The predicted octanol–water partition coefficient (Wildman–Crippen LogP) is 3.89. The van der Waals surface area contributed by atoms with E-state index in [0.717, 1.165) is 28.7 Å². The van der Waals surface area contributed by atoms with Gasteiger partial charge in [0.05, 0.1) is 11.4 Å². The zero-order valence-corrected chi connectivity index (χ0v) is 19.4. The summed E-state index contributed by atoms with van der Waals surface area (Å²) >= 11 is 3.43. The van der Waals surface area contributed by atoms with Crippen molar-refractivity contribution < 1.29 is 14.3 Å². The van der Waals surface area contributed by atoms with Crippen molar-refractivity contribution >= 4 is 27.9 Å². The maximum Gasteiger partial charge on any atom is 0.410 e. The molecule has 2 aromatic rings. The third kappa shape index (κ3) is 5.59. The smallest absolute Gasteiger partial charge is 0.410 e. The second kappa shape index (κ2) is 9.16. The highest BCUT2D eigenvalue weighted by molar-refractivity contribution is 9.10. The Kier molecular flexibility index (Phi) is 6.80. The number of rotatable bonds is 7. The average molecular weight is 478 g/mol. The highest BCUT2D eigenvalue weighted by Gasteiger charge is 2.34. The Bertz CT molecular complexity index is 900. The summed E-state index contributed by atoms with van der Waals surface area (Å²) in [6.45, 7) is 8.52. The topological polar surface area (TPSA) is 89.4 Å². The van der Waals surface area contributed by atoms with E-state index in [4.69, 9.17) is 4.74 Å². The van der Waals surface area contributed by atoms with Gasteiger partial charge in [-0.25, -0.2) is 9.48 Å². The van der Waals surface area contributed by atoms with Crippen LogP contribution < -0.4 is 5.32 Å². The van der Waals surface area contributed by atoms with Crippen LogP contribution in [0.25, 0.3) is 5.69 Å². The number of nitrogens with one attached hydrogen (secondary N) is 1. The van der Waals surface area contributed by atoms with Crippen LogP contribution in [-0.4, -0.2) is 57.1 Å². The first kappa shape index (κ1) is 22.3. The second-order valence-corrected chi connectivity index (χ2v) is 9.22. The molecule has 9 heteroatoms. The molecule has 162 valence electrons. The van der Waals surface area contributed by atoms with Crippen molar-refractivity contribution in [2.75, 3.05) is 19.6 Å². The summed E-state index contributed by atoms with van der Waals surface area (Å²) < 4.78 is 8.12. The Morgan fingerprint density at radius 1 is 1.27 bits per heavy atom. The van der Waals surface area contributed by atoms with Crippen molar-refractivity contribution in [2.45, 2.75) is 52.1 Å². The van der Waals surface area contributed by atoms with Gasteiger partial charge in [0, 0.05) is 30.0 Å². The van der Waals surface area contributed by atoms with Crippen molar-refractivity contribution in [1.82, 2.24) is 25.2 Å². The van der Waals surface area contributed by atoms with Crippen molar-refractivity contribution in [1.29, 1.82) is 0 Å². The molecule has 30 heavy (non-hydrogen) atoms. The van der Waals surface area contributed by atoms with E-state index in [1.807, 2.05) is 52.0 Å². The van der Waals surface area contributed by atoms with Crippen LogP contribution in [0, 0.1) is 0 Å². The monoisotopic (exact) mass is 477 g/mol. The summed E-state index contributed by atoms with van der Waals surface area (Å²) in [5.74, 6) is 0.0128. The third-order valence-corrected chi connectivity index (χ3v) is 5.18. The minimum Gasteiger partial charge on any atom is -0.444 e. The summed E-state index contributed by atoms with van der Waals surface area (Å²) in [4.78, 5) is 26.6. The van der Waals surface area contributed by atoms with Crippen LogP contribution in [0.3, 0.4) is 0 Å². The number of hydrogen-bond donors (Lipinski definition) is 1. The van der Waals surface area contributed by atoms with Gasteiger partial charge in [0.2, 0.25) is 0 Å². The lowest BCUT2D eigenvalue weighted by atomic mass is 10.2. The minimum atomic E-state index is -0.557. The van der Waals surface area contributed by atoms with Crippen molar-refractivity contribution in [3.8, 4) is 5.69 Å². The Labute approximate surface area is 185 Å². The number of carbonyl (C=O) groups is 2. The lowest BCUT2D eigenvalue weighted by molar-refractivity contribution is 0.0260. The summed E-state index contributed by atoms with van der Waals surface area (Å²) in [7, 11) is 0. The third-order valence-electron chi connectivity index (χ3n) is 4.66. The first-order chi connectivity index (χ1) is 14.2. The number of aromatic nitrogens is 3. The van der Waals surface area contributed by atoms with Gasteiger partial charge in [-0.1, -0.05) is 21.1 Å². The number of halogens is 1. The molecule has 1 aromatic heterocycles. The molecule has 0 spiro atoms. The molecular weight excluding hydrogens is 450 g/mol. The highest BCUT2D eigenvalue weighted by atomic mass is 79.9. The number of benzene rings is 1. The maximum atomic E-state index is 12.8. The molecule has 8 nitrogen and oxygen atoms in total. The van der Waals surface area contributed by atoms with E-state index in [9.17, 15) is 9.59 Å². The fourth-order valence-electron chi connectivity index (χ4n) is 3.04. The van der Waals surface area contributed by atoms with Gasteiger partial charge < -0.3 is 15.0 Å². The number of amides is 2. The Morgan fingerprint density at radius 2 is 1.93 bits per heavy atom. The SMILES string of the molecule is CCN(CCNC(=O)c1nnn(-c2ccc(Br)cc2)c1C1CC1)C(=O)OC(C)(C)C.